The molecule has 0 aliphatic carbocycles. The molecule has 1 rings (SSSR count). The maximum absolute atomic E-state index is 6.00. The van der Waals surface area contributed by atoms with Crippen molar-refractivity contribution in [2.75, 3.05) is 26.4 Å². The van der Waals surface area contributed by atoms with E-state index in [-0.39, 0.29) is 10.1 Å². The minimum atomic E-state index is -0.225. The van der Waals surface area contributed by atoms with Gasteiger partial charge in [-0.05, 0) is 69.5 Å². The second-order valence-corrected chi connectivity index (χ2v) is 8.41. The Labute approximate surface area is 184 Å². The Morgan fingerprint density at radius 1 is 1.10 bits per heavy atom. The molecule has 0 spiro atoms. The predicted molar refractivity (Wildman–Crippen MR) is 120 cm³/mol. The van der Waals surface area contributed by atoms with Gasteiger partial charge in [0.1, 0.15) is 22.6 Å². The number of benzene rings is 1. The summed E-state index contributed by atoms with van der Waals surface area (Å²) >= 11 is 11.2. The highest BCUT2D eigenvalue weighted by Crippen LogP contribution is 2.30. The number of nitrogens with one attached hydrogen (secondary N) is 1. The summed E-state index contributed by atoms with van der Waals surface area (Å²) in [6.07, 6.45) is 6.87. The summed E-state index contributed by atoms with van der Waals surface area (Å²) in [7, 11) is 0. The molecule has 29 heavy (non-hydrogen) atoms. The van der Waals surface area contributed by atoms with E-state index in [2.05, 4.69) is 12.4 Å². The first-order valence-electron chi connectivity index (χ1n) is 9.79. The van der Waals surface area contributed by atoms with E-state index in [0.717, 1.165) is 35.5 Å². The quantitative estimate of drug-likeness (QED) is 0.303. The molecule has 7 heteroatoms. The molecular weight excluding hydrogens is 413 g/mol. The van der Waals surface area contributed by atoms with Crippen molar-refractivity contribution in [3.8, 4) is 11.5 Å². The average Bonchev–Trinajstić information content (AvgIpc) is 2.63. The van der Waals surface area contributed by atoms with Crippen LogP contribution in [0.25, 0.3) is 0 Å². The van der Waals surface area contributed by atoms with Crippen molar-refractivity contribution < 1.29 is 19.0 Å². The van der Waals surface area contributed by atoms with E-state index < -0.39 is 0 Å². The number of ether oxygens (including phenoxy) is 3. The van der Waals surface area contributed by atoms with Crippen molar-refractivity contribution in [2.45, 2.75) is 53.1 Å². The molecule has 0 fully saturated rings. The molecule has 0 aliphatic heterocycles. The van der Waals surface area contributed by atoms with Gasteiger partial charge in [-0.1, -0.05) is 30.1 Å². The van der Waals surface area contributed by atoms with Crippen LogP contribution in [0.1, 0.15) is 45.2 Å². The Bertz CT molecular complexity index is 666. The number of rotatable bonds is 13. The summed E-state index contributed by atoms with van der Waals surface area (Å²) < 4.78 is 17.4. The molecule has 0 atom stereocenters. The minimum Gasteiger partial charge on any atom is -0.493 e. The van der Waals surface area contributed by atoms with Crippen molar-refractivity contribution in [2.24, 2.45) is 0 Å². The number of aryl methyl sites for hydroxylation is 2. The van der Waals surface area contributed by atoms with Gasteiger partial charge in [-0.25, -0.2) is 0 Å². The molecular formula is C22H33Cl2NO4. The fourth-order valence-electron chi connectivity index (χ4n) is 2.36. The first-order chi connectivity index (χ1) is 13.7. The summed E-state index contributed by atoms with van der Waals surface area (Å²) in [6, 6.07) is 3.95. The van der Waals surface area contributed by atoms with Gasteiger partial charge in [-0.2, -0.15) is 0 Å². The van der Waals surface area contributed by atoms with Crippen LogP contribution in [-0.4, -0.2) is 32.0 Å². The maximum Gasteiger partial charge on any atom is 0.125 e. The summed E-state index contributed by atoms with van der Waals surface area (Å²) in [4.78, 5) is 5.36. The summed E-state index contributed by atoms with van der Waals surface area (Å²) in [5.74, 6) is 1.69. The molecule has 0 saturated carbocycles. The van der Waals surface area contributed by atoms with Gasteiger partial charge in [0.2, 0.25) is 0 Å². The number of hydrogen-bond donors (Lipinski definition) is 1. The highest BCUT2D eigenvalue weighted by Gasteiger charge is 2.10. The molecule has 0 radical (unpaired) electrons. The highest BCUT2D eigenvalue weighted by atomic mass is 35.5. The third-order valence-electron chi connectivity index (χ3n) is 3.64. The van der Waals surface area contributed by atoms with Gasteiger partial charge < -0.3 is 14.2 Å². The van der Waals surface area contributed by atoms with E-state index >= 15 is 0 Å². The maximum atomic E-state index is 6.00. The highest BCUT2D eigenvalue weighted by molar-refractivity contribution is 6.55. The van der Waals surface area contributed by atoms with Crippen LogP contribution >= 0.6 is 23.2 Å². The zero-order valence-electron chi connectivity index (χ0n) is 18.0. The van der Waals surface area contributed by atoms with Gasteiger partial charge in [-0.3, -0.25) is 10.3 Å². The fourth-order valence-corrected chi connectivity index (χ4v) is 2.48. The Morgan fingerprint density at radius 3 is 2.52 bits per heavy atom. The van der Waals surface area contributed by atoms with Crippen LogP contribution < -0.4 is 15.0 Å². The summed E-state index contributed by atoms with van der Waals surface area (Å²) in [5, 5.41) is 0. The van der Waals surface area contributed by atoms with E-state index in [1.54, 1.807) is 12.3 Å². The van der Waals surface area contributed by atoms with E-state index in [1.807, 2.05) is 45.9 Å². The lowest BCUT2D eigenvalue weighted by Crippen LogP contribution is -2.25. The van der Waals surface area contributed by atoms with Gasteiger partial charge in [0.05, 0.1) is 25.4 Å². The van der Waals surface area contributed by atoms with E-state index in [1.165, 1.54) is 0 Å². The molecule has 0 unspecified atom stereocenters. The van der Waals surface area contributed by atoms with Crippen LogP contribution in [0.15, 0.2) is 35.0 Å². The topological polar surface area (TPSA) is 49.0 Å². The molecule has 0 amide bonds. The van der Waals surface area contributed by atoms with Crippen molar-refractivity contribution >= 4 is 23.2 Å². The zero-order valence-corrected chi connectivity index (χ0v) is 19.5. The first-order valence-corrected chi connectivity index (χ1v) is 10.5. The predicted octanol–water partition coefficient (Wildman–Crippen LogP) is 5.87. The molecule has 164 valence electrons. The molecule has 5 nitrogen and oxygen atoms in total. The van der Waals surface area contributed by atoms with Crippen LogP contribution in [0.2, 0.25) is 0 Å². The summed E-state index contributed by atoms with van der Waals surface area (Å²) in [6.45, 7) is 12.1. The number of hydrogen-bond acceptors (Lipinski definition) is 5. The van der Waals surface area contributed by atoms with Crippen LogP contribution in [0, 0.1) is 6.92 Å². The molecule has 0 aliphatic rings. The van der Waals surface area contributed by atoms with Crippen LogP contribution in [0.5, 0.6) is 11.5 Å². The molecule has 0 heterocycles. The van der Waals surface area contributed by atoms with Gasteiger partial charge >= 0.3 is 0 Å². The lowest BCUT2D eigenvalue weighted by atomic mass is 10.1. The fraction of sp³-hybridized carbons (Fsp3) is 0.545. The second kappa shape index (κ2) is 13.8. The molecule has 1 N–H and O–H groups in total. The van der Waals surface area contributed by atoms with Gasteiger partial charge in [0.15, 0.2) is 0 Å². The smallest absolute Gasteiger partial charge is 0.125 e. The van der Waals surface area contributed by atoms with Crippen molar-refractivity contribution in [3.05, 3.63) is 46.1 Å². The number of hydroxylamine groups is 1. The molecule has 0 bridgehead atoms. The Balaban J connectivity index is 2.35. The van der Waals surface area contributed by atoms with E-state index in [4.69, 9.17) is 42.3 Å². The second-order valence-electron chi connectivity index (χ2n) is 7.40. The van der Waals surface area contributed by atoms with Gasteiger partial charge in [0.25, 0.3) is 0 Å². The summed E-state index contributed by atoms with van der Waals surface area (Å²) in [5.41, 5.74) is 4.70. The van der Waals surface area contributed by atoms with Gasteiger partial charge in [-0.15, -0.1) is 0 Å². The standard InChI is InChI=1S/C22H33Cl2NO4/c1-6-18-16-19(27-14-9-20(23)24)15-17(2)21(18)28-13-8-12-26-11-7-10-25-29-22(3,4)5/h7,9-10,15-16,25H,6,8,11-14H2,1-5H3. The first kappa shape index (κ1) is 25.6. The molecule has 1 aromatic rings. The Kier molecular flexibility index (Phi) is 12.2. The Morgan fingerprint density at radius 2 is 1.86 bits per heavy atom. The van der Waals surface area contributed by atoms with Crippen LogP contribution in [0.4, 0.5) is 0 Å². The van der Waals surface area contributed by atoms with Crippen LogP contribution in [0.3, 0.4) is 0 Å². The molecule has 0 saturated heterocycles. The van der Waals surface area contributed by atoms with Crippen molar-refractivity contribution in [1.82, 2.24) is 5.48 Å². The molecule has 1 aromatic carbocycles. The van der Waals surface area contributed by atoms with Gasteiger partial charge in [0, 0.05) is 12.6 Å². The Hall–Kier alpha value is -1.40. The lowest BCUT2D eigenvalue weighted by Gasteiger charge is -2.17. The zero-order chi connectivity index (χ0) is 21.7. The van der Waals surface area contributed by atoms with E-state index in [9.17, 15) is 0 Å². The van der Waals surface area contributed by atoms with Crippen molar-refractivity contribution in [3.63, 3.8) is 0 Å². The monoisotopic (exact) mass is 445 g/mol. The van der Waals surface area contributed by atoms with Crippen LogP contribution in [-0.2, 0) is 16.0 Å². The lowest BCUT2D eigenvalue weighted by molar-refractivity contribution is -0.0524. The SMILES string of the molecule is CCc1cc(OCC=C(Cl)Cl)cc(C)c1OCCCOCC=CNOC(C)(C)C. The molecule has 0 aromatic heterocycles. The normalized spacial score (nSPS) is 11.6. The van der Waals surface area contributed by atoms with Crippen molar-refractivity contribution in [1.29, 1.82) is 0 Å². The number of halogens is 2. The average molecular weight is 446 g/mol. The minimum absolute atomic E-state index is 0.199. The largest absolute Gasteiger partial charge is 0.493 e. The third kappa shape index (κ3) is 12.0. The third-order valence-corrected chi connectivity index (χ3v) is 3.95. The van der Waals surface area contributed by atoms with E-state index in [0.29, 0.717) is 26.4 Å².